The Morgan fingerprint density at radius 2 is 2.24 bits per heavy atom. The molecule has 0 saturated carbocycles. The minimum absolute atomic E-state index is 0.0964. The smallest absolute Gasteiger partial charge is 0.255 e. The van der Waals surface area contributed by atoms with Gasteiger partial charge >= 0.3 is 0 Å². The number of carbonyl (C=O) groups excluding carboxylic acids is 1. The molecule has 0 saturated heterocycles. The first-order valence-corrected chi connectivity index (χ1v) is 5.35. The molecule has 3 N–H and O–H groups in total. The molecule has 0 aliphatic rings. The molecule has 1 aromatic carbocycles. The molecule has 1 unspecified atom stereocenters. The Morgan fingerprint density at radius 1 is 1.41 bits per heavy atom. The minimum Gasteiger partial charge on any atom is -0.472 e. The van der Waals surface area contributed by atoms with E-state index >= 15 is 0 Å². The molecule has 0 spiro atoms. The summed E-state index contributed by atoms with van der Waals surface area (Å²) in [5.74, 6) is -0.159. The molecule has 0 radical (unpaired) electrons. The fraction of sp³-hybridized carbons (Fsp3) is 0.154. The van der Waals surface area contributed by atoms with Gasteiger partial charge in [0.2, 0.25) is 0 Å². The van der Waals surface area contributed by atoms with E-state index in [1.54, 1.807) is 6.07 Å². The number of benzene rings is 1. The summed E-state index contributed by atoms with van der Waals surface area (Å²) in [7, 11) is 0. The number of rotatable bonds is 3. The predicted molar refractivity (Wildman–Crippen MR) is 65.4 cm³/mol. The van der Waals surface area contributed by atoms with Crippen LogP contribution in [-0.2, 0) is 0 Å². The molecule has 1 amide bonds. The van der Waals surface area contributed by atoms with Gasteiger partial charge in [0.15, 0.2) is 0 Å². The third kappa shape index (κ3) is 2.66. The van der Waals surface area contributed by atoms with Gasteiger partial charge in [-0.1, -0.05) is 12.1 Å². The van der Waals surface area contributed by atoms with E-state index in [1.165, 1.54) is 12.5 Å². The van der Waals surface area contributed by atoms with Crippen molar-refractivity contribution in [2.45, 2.75) is 13.0 Å². The van der Waals surface area contributed by atoms with E-state index in [0.29, 0.717) is 11.3 Å². The number of furan rings is 1. The first-order chi connectivity index (χ1) is 8.16. The van der Waals surface area contributed by atoms with Crippen molar-refractivity contribution in [1.82, 2.24) is 5.32 Å². The van der Waals surface area contributed by atoms with Crippen LogP contribution in [0, 0.1) is 0 Å². The number of amides is 1. The summed E-state index contributed by atoms with van der Waals surface area (Å²) in [5, 5.41) is 2.87. The molecule has 2 rings (SSSR count). The highest BCUT2D eigenvalue weighted by atomic mass is 16.3. The number of carbonyl (C=O) groups is 1. The second-order valence-corrected chi connectivity index (χ2v) is 3.88. The highest BCUT2D eigenvalue weighted by molar-refractivity contribution is 5.94. The fourth-order valence-corrected chi connectivity index (χ4v) is 1.59. The number of anilines is 1. The Morgan fingerprint density at radius 3 is 2.88 bits per heavy atom. The second kappa shape index (κ2) is 4.74. The summed E-state index contributed by atoms with van der Waals surface area (Å²) in [6.07, 6.45) is 2.89. The van der Waals surface area contributed by atoms with Crippen molar-refractivity contribution >= 4 is 11.6 Å². The maximum Gasteiger partial charge on any atom is 0.255 e. The van der Waals surface area contributed by atoms with Crippen LogP contribution in [0.4, 0.5) is 5.69 Å². The van der Waals surface area contributed by atoms with Crippen molar-refractivity contribution in [1.29, 1.82) is 0 Å². The molecular weight excluding hydrogens is 216 g/mol. The molecule has 2 aromatic rings. The third-order valence-electron chi connectivity index (χ3n) is 2.54. The van der Waals surface area contributed by atoms with Crippen molar-refractivity contribution in [2.24, 2.45) is 0 Å². The van der Waals surface area contributed by atoms with Gasteiger partial charge in [0, 0.05) is 5.69 Å². The van der Waals surface area contributed by atoms with Crippen LogP contribution in [0.3, 0.4) is 0 Å². The lowest BCUT2D eigenvalue weighted by Gasteiger charge is -2.14. The number of hydrogen-bond acceptors (Lipinski definition) is 3. The molecule has 4 nitrogen and oxygen atoms in total. The van der Waals surface area contributed by atoms with Crippen LogP contribution < -0.4 is 11.1 Å². The fourth-order valence-electron chi connectivity index (χ4n) is 1.59. The van der Waals surface area contributed by atoms with Crippen LogP contribution in [0.25, 0.3) is 0 Å². The average Bonchev–Trinajstić information content (AvgIpc) is 2.82. The molecule has 0 aliphatic carbocycles. The Kier molecular flexibility index (Phi) is 3.14. The van der Waals surface area contributed by atoms with E-state index < -0.39 is 0 Å². The van der Waals surface area contributed by atoms with Crippen LogP contribution in [0.2, 0.25) is 0 Å². The molecule has 1 atom stereocenters. The average molecular weight is 230 g/mol. The van der Waals surface area contributed by atoms with Crippen molar-refractivity contribution in [3.05, 3.63) is 54.0 Å². The number of hydrogen-bond donors (Lipinski definition) is 2. The molecular formula is C13H14N2O2. The van der Waals surface area contributed by atoms with Gasteiger partial charge in [-0.25, -0.2) is 0 Å². The maximum atomic E-state index is 11.8. The maximum absolute atomic E-state index is 11.8. The van der Waals surface area contributed by atoms with Gasteiger partial charge in [-0.15, -0.1) is 0 Å². The zero-order valence-corrected chi connectivity index (χ0v) is 9.51. The van der Waals surface area contributed by atoms with Crippen molar-refractivity contribution in [3.8, 4) is 0 Å². The third-order valence-corrected chi connectivity index (χ3v) is 2.54. The zero-order valence-electron chi connectivity index (χ0n) is 9.51. The SMILES string of the molecule is CC(NC(=O)c1ccoc1)c1cccc(N)c1. The molecule has 0 aliphatic heterocycles. The minimum atomic E-state index is -0.159. The Balaban J connectivity index is 2.07. The van der Waals surface area contributed by atoms with Gasteiger partial charge in [-0.2, -0.15) is 0 Å². The topological polar surface area (TPSA) is 68.3 Å². The number of nitrogens with one attached hydrogen (secondary N) is 1. The van der Waals surface area contributed by atoms with E-state index in [9.17, 15) is 4.79 Å². The first-order valence-electron chi connectivity index (χ1n) is 5.35. The van der Waals surface area contributed by atoms with Crippen molar-refractivity contribution < 1.29 is 9.21 Å². The van der Waals surface area contributed by atoms with E-state index in [4.69, 9.17) is 10.2 Å². The van der Waals surface area contributed by atoms with Crippen LogP contribution in [0.1, 0.15) is 28.9 Å². The van der Waals surface area contributed by atoms with Gasteiger partial charge < -0.3 is 15.5 Å². The summed E-state index contributed by atoms with van der Waals surface area (Å²) in [5.41, 5.74) is 7.87. The highest BCUT2D eigenvalue weighted by Gasteiger charge is 2.12. The Bertz CT molecular complexity index is 506. The molecule has 4 heteroatoms. The molecule has 0 fully saturated rings. The van der Waals surface area contributed by atoms with Crippen LogP contribution in [0.15, 0.2) is 47.3 Å². The Hall–Kier alpha value is -2.23. The molecule has 17 heavy (non-hydrogen) atoms. The van der Waals surface area contributed by atoms with Crippen molar-refractivity contribution in [3.63, 3.8) is 0 Å². The predicted octanol–water partition coefficient (Wildman–Crippen LogP) is 2.35. The number of nitrogens with two attached hydrogens (primary N) is 1. The molecule has 1 aromatic heterocycles. The lowest BCUT2D eigenvalue weighted by molar-refractivity contribution is 0.0939. The normalized spacial score (nSPS) is 12.1. The van der Waals surface area contributed by atoms with E-state index in [0.717, 1.165) is 5.56 Å². The summed E-state index contributed by atoms with van der Waals surface area (Å²) < 4.78 is 4.86. The lowest BCUT2D eigenvalue weighted by atomic mass is 10.1. The standard InChI is InChI=1S/C13H14N2O2/c1-9(10-3-2-4-12(14)7-10)15-13(16)11-5-6-17-8-11/h2-9H,14H2,1H3,(H,15,16). The second-order valence-electron chi connectivity index (χ2n) is 3.88. The monoisotopic (exact) mass is 230 g/mol. The molecule has 0 bridgehead atoms. The summed E-state index contributed by atoms with van der Waals surface area (Å²) >= 11 is 0. The van der Waals surface area contributed by atoms with Gasteiger partial charge in [0.1, 0.15) is 6.26 Å². The summed E-state index contributed by atoms with van der Waals surface area (Å²) in [4.78, 5) is 11.8. The van der Waals surface area contributed by atoms with E-state index in [-0.39, 0.29) is 11.9 Å². The molecule has 88 valence electrons. The quantitative estimate of drug-likeness (QED) is 0.795. The summed E-state index contributed by atoms with van der Waals surface area (Å²) in [6.45, 7) is 1.91. The zero-order chi connectivity index (χ0) is 12.3. The Labute approximate surface area is 99.4 Å². The largest absolute Gasteiger partial charge is 0.472 e. The van der Waals surface area contributed by atoms with Crippen molar-refractivity contribution in [2.75, 3.05) is 5.73 Å². The first kappa shape index (κ1) is 11.3. The van der Waals surface area contributed by atoms with Gasteiger partial charge in [0.05, 0.1) is 17.9 Å². The van der Waals surface area contributed by atoms with Gasteiger partial charge in [-0.05, 0) is 30.7 Å². The van der Waals surface area contributed by atoms with Crippen LogP contribution in [0.5, 0.6) is 0 Å². The van der Waals surface area contributed by atoms with E-state index in [2.05, 4.69) is 5.32 Å². The van der Waals surface area contributed by atoms with Crippen LogP contribution >= 0.6 is 0 Å². The summed E-state index contributed by atoms with van der Waals surface area (Å²) in [6, 6.07) is 8.98. The van der Waals surface area contributed by atoms with E-state index in [1.807, 2.05) is 31.2 Å². The number of nitrogen functional groups attached to an aromatic ring is 1. The van der Waals surface area contributed by atoms with Gasteiger partial charge in [-0.3, -0.25) is 4.79 Å². The lowest BCUT2D eigenvalue weighted by Crippen LogP contribution is -2.26. The highest BCUT2D eigenvalue weighted by Crippen LogP contribution is 2.15. The van der Waals surface area contributed by atoms with Crippen LogP contribution in [-0.4, -0.2) is 5.91 Å². The van der Waals surface area contributed by atoms with Gasteiger partial charge in [0.25, 0.3) is 5.91 Å². The molecule has 1 heterocycles.